The monoisotopic (exact) mass is 254 g/mol. The van der Waals surface area contributed by atoms with Gasteiger partial charge in [-0.05, 0) is 31.9 Å². The van der Waals surface area contributed by atoms with Gasteiger partial charge in [-0.25, -0.2) is 14.5 Å². The van der Waals surface area contributed by atoms with Crippen LogP contribution in [0, 0.1) is 6.92 Å². The van der Waals surface area contributed by atoms with Gasteiger partial charge in [0.15, 0.2) is 5.82 Å². The molecule has 0 aliphatic heterocycles. The van der Waals surface area contributed by atoms with Gasteiger partial charge in [-0.3, -0.25) is 0 Å². The van der Waals surface area contributed by atoms with Crippen molar-refractivity contribution in [3.05, 3.63) is 36.7 Å². The zero-order valence-corrected chi connectivity index (χ0v) is 10.6. The van der Waals surface area contributed by atoms with Crippen LogP contribution < -0.4 is 5.32 Å². The van der Waals surface area contributed by atoms with Crippen LogP contribution in [0.5, 0.6) is 0 Å². The number of hydrogen-bond donors (Lipinski definition) is 1. The molecule has 0 aromatic carbocycles. The highest BCUT2D eigenvalue weighted by Gasteiger charge is 2.23. The topological polar surface area (TPSA) is 60.0 Å². The molecule has 3 aromatic heterocycles. The van der Waals surface area contributed by atoms with Gasteiger partial charge >= 0.3 is 0 Å². The molecular weight excluding hydrogens is 240 g/mol. The van der Waals surface area contributed by atoms with E-state index in [2.05, 4.69) is 25.0 Å². The Labute approximate surface area is 110 Å². The Balaban J connectivity index is 1.71. The molecule has 1 fully saturated rings. The van der Waals surface area contributed by atoms with E-state index in [1.807, 2.05) is 42.3 Å². The van der Waals surface area contributed by atoms with E-state index in [-0.39, 0.29) is 0 Å². The lowest BCUT2D eigenvalue weighted by molar-refractivity contribution is 0.741. The van der Waals surface area contributed by atoms with Crippen molar-refractivity contribution in [1.82, 2.24) is 24.1 Å². The van der Waals surface area contributed by atoms with Crippen molar-refractivity contribution < 1.29 is 0 Å². The molecule has 4 rings (SSSR count). The molecule has 0 atom stereocenters. The Morgan fingerprint density at radius 1 is 1.37 bits per heavy atom. The summed E-state index contributed by atoms with van der Waals surface area (Å²) < 4.78 is 3.98. The fourth-order valence-electron chi connectivity index (χ4n) is 2.23. The van der Waals surface area contributed by atoms with Crippen LogP contribution in [0.15, 0.2) is 30.9 Å². The standard InChI is InChI=1S/C13H14N6/c1-9-15-13(11-3-2-6-19(11)17-9)16-12-7-18(8-14-12)10-4-5-10/h2-3,6-8,10H,4-5H2,1H3,(H,15,16,17). The Morgan fingerprint density at radius 2 is 2.26 bits per heavy atom. The fourth-order valence-corrected chi connectivity index (χ4v) is 2.23. The van der Waals surface area contributed by atoms with Gasteiger partial charge in [-0.2, -0.15) is 5.10 Å². The second kappa shape index (κ2) is 3.81. The van der Waals surface area contributed by atoms with E-state index in [1.165, 1.54) is 12.8 Å². The number of nitrogens with one attached hydrogen (secondary N) is 1. The zero-order valence-electron chi connectivity index (χ0n) is 10.6. The van der Waals surface area contributed by atoms with Crippen LogP contribution >= 0.6 is 0 Å². The second-order valence-corrected chi connectivity index (χ2v) is 4.91. The number of rotatable bonds is 3. The molecule has 3 aromatic rings. The van der Waals surface area contributed by atoms with E-state index in [4.69, 9.17) is 0 Å². The lowest BCUT2D eigenvalue weighted by Gasteiger charge is -2.05. The summed E-state index contributed by atoms with van der Waals surface area (Å²) in [6.07, 6.45) is 8.34. The van der Waals surface area contributed by atoms with Crippen molar-refractivity contribution in [2.75, 3.05) is 5.32 Å². The number of fused-ring (bicyclic) bond motifs is 1. The van der Waals surface area contributed by atoms with Crippen LogP contribution in [0.25, 0.3) is 5.52 Å². The molecule has 0 bridgehead atoms. The van der Waals surface area contributed by atoms with Gasteiger partial charge in [-0.1, -0.05) is 0 Å². The van der Waals surface area contributed by atoms with Gasteiger partial charge in [0.2, 0.25) is 0 Å². The normalized spacial score (nSPS) is 15.0. The van der Waals surface area contributed by atoms with Crippen LogP contribution in [-0.2, 0) is 0 Å². The fraction of sp³-hybridized carbons (Fsp3) is 0.308. The van der Waals surface area contributed by atoms with Crippen molar-refractivity contribution in [2.45, 2.75) is 25.8 Å². The molecule has 0 saturated heterocycles. The van der Waals surface area contributed by atoms with Crippen molar-refractivity contribution in [1.29, 1.82) is 0 Å². The zero-order chi connectivity index (χ0) is 12.8. The number of aromatic nitrogens is 5. The minimum atomic E-state index is 0.642. The predicted molar refractivity (Wildman–Crippen MR) is 71.5 cm³/mol. The Hall–Kier alpha value is -2.37. The average molecular weight is 254 g/mol. The van der Waals surface area contributed by atoms with E-state index < -0.39 is 0 Å². The molecule has 3 heterocycles. The molecule has 0 radical (unpaired) electrons. The lowest BCUT2D eigenvalue weighted by atomic mass is 10.4. The first-order chi connectivity index (χ1) is 9.29. The number of nitrogens with zero attached hydrogens (tertiary/aromatic N) is 5. The Kier molecular flexibility index (Phi) is 2.11. The third-order valence-corrected chi connectivity index (χ3v) is 3.31. The smallest absolute Gasteiger partial charge is 0.159 e. The summed E-state index contributed by atoms with van der Waals surface area (Å²) in [5, 5.41) is 7.59. The van der Waals surface area contributed by atoms with Gasteiger partial charge in [0, 0.05) is 18.4 Å². The van der Waals surface area contributed by atoms with Gasteiger partial charge in [0.1, 0.15) is 17.2 Å². The summed E-state index contributed by atoms with van der Waals surface area (Å²) in [5.41, 5.74) is 0.951. The molecule has 1 saturated carbocycles. The van der Waals surface area contributed by atoms with Gasteiger partial charge in [-0.15, -0.1) is 0 Å². The minimum Gasteiger partial charge on any atom is -0.332 e. The lowest BCUT2D eigenvalue weighted by Crippen LogP contribution is -2.03. The molecule has 6 heteroatoms. The van der Waals surface area contributed by atoms with Crippen LogP contribution in [-0.4, -0.2) is 24.1 Å². The van der Waals surface area contributed by atoms with Gasteiger partial charge in [0.25, 0.3) is 0 Å². The second-order valence-electron chi connectivity index (χ2n) is 4.91. The Bertz CT molecular complexity index is 737. The summed E-state index contributed by atoms with van der Waals surface area (Å²) in [7, 11) is 0. The first kappa shape index (κ1) is 10.5. The van der Waals surface area contributed by atoms with Crippen molar-refractivity contribution >= 4 is 17.2 Å². The Morgan fingerprint density at radius 3 is 3.11 bits per heavy atom. The molecule has 1 N–H and O–H groups in total. The SMILES string of the molecule is Cc1nc(Nc2cn(C3CC3)cn2)c2cccn2n1. The summed E-state index contributed by atoms with van der Waals surface area (Å²) in [6, 6.07) is 4.58. The van der Waals surface area contributed by atoms with E-state index in [9.17, 15) is 0 Å². The van der Waals surface area contributed by atoms with Crippen LogP contribution in [0.4, 0.5) is 11.6 Å². The van der Waals surface area contributed by atoms with Crippen molar-refractivity contribution in [3.8, 4) is 0 Å². The molecule has 0 unspecified atom stereocenters. The highest BCUT2D eigenvalue weighted by Crippen LogP contribution is 2.35. The molecule has 6 nitrogen and oxygen atoms in total. The summed E-state index contributed by atoms with van der Waals surface area (Å²) in [6.45, 7) is 1.88. The third-order valence-electron chi connectivity index (χ3n) is 3.31. The highest BCUT2D eigenvalue weighted by atomic mass is 15.3. The van der Waals surface area contributed by atoms with E-state index in [0.717, 1.165) is 23.0 Å². The largest absolute Gasteiger partial charge is 0.332 e. The molecule has 19 heavy (non-hydrogen) atoms. The minimum absolute atomic E-state index is 0.642. The molecule has 96 valence electrons. The summed E-state index contributed by atoms with van der Waals surface area (Å²) in [5.74, 6) is 2.35. The van der Waals surface area contributed by atoms with Crippen LogP contribution in [0.1, 0.15) is 24.7 Å². The quantitative estimate of drug-likeness (QED) is 0.779. The van der Waals surface area contributed by atoms with Crippen molar-refractivity contribution in [3.63, 3.8) is 0 Å². The maximum Gasteiger partial charge on any atom is 0.159 e. The molecule has 1 aliphatic carbocycles. The third kappa shape index (κ3) is 1.85. The van der Waals surface area contributed by atoms with Gasteiger partial charge < -0.3 is 9.88 Å². The number of hydrogen-bond acceptors (Lipinski definition) is 4. The number of imidazole rings is 1. The van der Waals surface area contributed by atoms with E-state index in [1.54, 1.807) is 0 Å². The first-order valence-corrected chi connectivity index (χ1v) is 6.42. The molecule has 1 aliphatic rings. The van der Waals surface area contributed by atoms with E-state index in [0.29, 0.717) is 6.04 Å². The average Bonchev–Trinajstić information content (AvgIpc) is 2.95. The maximum absolute atomic E-state index is 4.45. The molecular formula is C13H14N6. The number of anilines is 2. The maximum atomic E-state index is 4.45. The number of aryl methyl sites for hydroxylation is 1. The summed E-state index contributed by atoms with van der Waals surface area (Å²) >= 11 is 0. The predicted octanol–water partition coefficient (Wildman–Crippen LogP) is 2.31. The van der Waals surface area contributed by atoms with Crippen LogP contribution in [0.3, 0.4) is 0 Å². The van der Waals surface area contributed by atoms with Crippen molar-refractivity contribution in [2.24, 2.45) is 0 Å². The summed E-state index contributed by atoms with van der Waals surface area (Å²) in [4.78, 5) is 8.82. The first-order valence-electron chi connectivity index (χ1n) is 6.42. The van der Waals surface area contributed by atoms with Gasteiger partial charge in [0.05, 0.1) is 6.33 Å². The van der Waals surface area contributed by atoms with E-state index >= 15 is 0 Å². The molecule has 0 spiro atoms. The highest BCUT2D eigenvalue weighted by molar-refractivity contribution is 5.71. The molecule has 0 amide bonds. The van der Waals surface area contributed by atoms with Crippen LogP contribution in [0.2, 0.25) is 0 Å².